The van der Waals surface area contributed by atoms with Crippen molar-refractivity contribution in [3.63, 3.8) is 0 Å². The largest absolute Gasteiger partial charge is 0.504 e. The van der Waals surface area contributed by atoms with E-state index in [1.165, 1.54) is 0 Å². The first-order valence-corrected chi connectivity index (χ1v) is 14.1. The fourth-order valence-electron chi connectivity index (χ4n) is 7.56. The molecule has 2 aliphatic heterocycles. The minimum Gasteiger partial charge on any atom is -0.504 e. The van der Waals surface area contributed by atoms with E-state index < -0.39 is 23.2 Å². The number of nitrogens with one attached hydrogen (secondary N) is 1. The highest BCUT2D eigenvalue weighted by Gasteiger charge is 2.73. The van der Waals surface area contributed by atoms with Crippen LogP contribution in [0.1, 0.15) is 51.1 Å². The molecule has 5 atom stereocenters. The van der Waals surface area contributed by atoms with Gasteiger partial charge in [0.05, 0.1) is 23.1 Å². The van der Waals surface area contributed by atoms with E-state index in [9.17, 15) is 19.8 Å². The molecule has 1 saturated carbocycles. The lowest BCUT2D eigenvalue weighted by Crippen LogP contribution is -2.78. The average Bonchev–Trinajstić information content (AvgIpc) is 3.28. The van der Waals surface area contributed by atoms with Gasteiger partial charge >= 0.3 is 0 Å². The minimum atomic E-state index is -1.25. The van der Waals surface area contributed by atoms with Gasteiger partial charge in [0.25, 0.3) is 11.8 Å². The van der Waals surface area contributed by atoms with Crippen molar-refractivity contribution in [2.45, 2.75) is 54.9 Å². The Morgan fingerprint density at radius 2 is 1.82 bits per heavy atom. The summed E-state index contributed by atoms with van der Waals surface area (Å²) in [5.74, 6) is 0.163. The highest BCUT2D eigenvalue weighted by molar-refractivity contribution is 14.1. The Hall–Kier alpha value is -3.11. The second-order valence-corrected chi connectivity index (χ2v) is 12.1. The normalized spacial score (nSPS) is 30.3. The second-order valence-electron chi connectivity index (χ2n) is 10.8. The molecule has 2 heterocycles. The lowest BCUT2D eigenvalue weighted by molar-refractivity contribution is -0.181. The van der Waals surface area contributed by atoms with Crippen molar-refractivity contribution in [1.29, 1.82) is 0 Å². The number of rotatable bonds is 3. The third kappa shape index (κ3) is 3.16. The first-order valence-electron chi connectivity index (χ1n) is 13.0. The average molecular weight is 622 g/mol. The number of aromatic hydroxyl groups is 1. The topological polar surface area (TPSA) is 99.1 Å². The van der Waals surface area contributed by atoms with Crippen molar-refractivity contribution in [2.24, 2.45) is 0 Å². The summed E-state index contributed by atoms with van der Waals surface area (Å²) in [6, 6.07) is 19.3. The molecule has 194 valence electrons. The standard InChI is InChI=1S/C30H27IN2O5/c31-20-8-4-7-19(15-20)27(35)32-21-11-12-30(37)23-16-18-9-10-22(34)25-24(18)29(30,26(21)38-25)13-14-33(23)28(36)17-5-2-1-3-6-17/h1-10,15,21,23,26,34,37H,11-14,16H2,(H,32,35)/t21?,23-,26?,29+,30-/m1/s1. The van der Waals surface area contributed by atoms with Gasteiger partial charge in [0.1, 0.15) is 6.10 Å². The number of phenols is 1. The highest BCUT2D eigenvalue weighted by atomic mass is 127. The van der Waals surface area contributed by atoms with E-state index in [-0.39, 0.29) is 23.6 Å². The number of aliphatic hydroxyl groups is 1. The second kappa shape index (κ2) is 8.44. The molecular formula is C30H27IN2O5. The molecule has 0 radical (unpaired) electrons. The number of nitrogens with zero attached hydrogens (tertiary/aromatic N) is 1. The molecule has 2 unspecified atom stereocenters. The van der Waals surface area contributed by atoms with Crippen LogP contribution in [-0.4, -0.2) is 57.3 Å². The maximum atomic E-state index is 13.7. The van der Waals surface area contributed by atoms with Gasteiger partial charge in [0.15, 0.2) is 11.5 Å². The molecule has 2 bridgehead atoms. The van der Waals surface area contributed by atoms with Gasteiger partial charge in [-0.2, -0.15) is 0 Å². The number of phenolic OH excluding ortho intramolecular Hbond substituents is 1. The zero-order valence-electron chi connectivity index (χ0n) is 20.6. The summed E-state index contributed by atoms with van der Waals surface area (Å²) in [5.41, 5.74) is 0.900. The summed E-state index contributed by atoms with van der Waals surface area (Å²) < 4.78 is 7.47. The molecule has 1 saturated heterocycles. The van der Waals surface area contributed by atoms with Crippen LogP contribution in [0.15, 0.2) is 66.7 Å². The number of ether oxygens (including phenoxy) is 1. The Balaban J connectivity index is 1.30. The molecule has 2 fully saturated rings. The van der Waals surface area contributed by atoms with Gasteiger partial charge in [0.2, 0.25) is 0 Å². The van der Waals surface area contributed by atoms with Crippen LogP contribution in [0.5, 0.6) is 11.5 Å². The molecule has 7 nitrogen and oxygen atoms in total. The van der Waals surface area contributed by atoms with Crippen LogP contribution in [0.4, 0.5) is 0 Å². The minimum absolute atomic E-state index is 0.0406. The van der Waals surface area contributed by atoms with E-state index in [0.29, 0.717) is 49.1 Å². The number of benzene rings is 3. The number of carbonyl (C=O) groups excluding carboxylic acids is 2. The van der Waals surface area contributed by atoms with Gasteiger partial charge in [-0.1, -0.05) is 30.3 Å². The van der Waals surface area contributed by atoms with Gasteiger partial charge < -0.3 is 25.2 Å². The van der Waals surface area contributed by atoms with Gasteiger partial charge in [0, 0.05) is 26.8 Å². The third-order valence-electron chi connectivity index (χ3n) is 9.15. The Morgan fingerprint density at radius 3 is 2.61 bits per heavy atom. The zero-order chi connectivity index (χ0) is 26.2. The van der Waals surface area contributed by atoms with Crippen LogP contribution < -0.4 is 10.1 Å². The quantitative estimate of drug-likeness (QED) is 0.387. The van der Waals surface area contributed by atoms with Crippen molar-refractivity contribution >= 4 is 34.4 Å². The van der Waals surface area contributed by atoms with Crippen LogP contribution in [0.3, 0.4) is 0 Å². The van der Waals surface area contributed by atoms with Gasteiger partial charge in [-0.3, -0.25) is 9.59 Å². The molecule has 4 aliphatic rings. The Kier molecular flexibility index (Phi) is 5.33. The Morgan fingerprint density at radius 1 is 1.03 bits per heavy atom. The fraction of sp³-hybridized carbons (Fsp3) is 0.333. The predicted molar refractivity (Wildman–Crippen MR) is 148 cm³/mol. The SMILES string of the molecule is O=C(NC1CC[C@@]2(O)[C@H]3Cc4ccc(O)c5c4[C@@]2(CCN3C(=O)c2ccccc2)C1O5)c1cccc(I)c1. The fourth-order valence-corrected chi connectivity index (χ4v) is 8.11. The van der Waals surface area contributed by atoms with Crippen LogP contribution in [-0.2, 0) is 11.8 Å². The number of piperidine rings is 1. The summed E-state index contributed by atoms with van der Waals surface area (Å²) in [5, 5.41) is 26.6. The van der Waals surface area contributed by atoms with Crippen LogP contribution in [0, 0.1) is 3.57 Å². The van der Waals surface area contributed by atoms with E-state index in [1.807, 2.05) is 59.5 Å². The van der Waals surface area contributed by atoms with E-state index >= 15 is 0 Å². The lowest BCUT2D eigenvalue weighted by atomic mass is 9.48. The molecule has 2 aliphatic carbocycles. The lowest BCUT2D eigenvalue weighted by Gasteiger charge is -2.64. The summed E-state index contributed by atoms with van der Waals surface area (Å²) in [6.07, 6.45) is 1.29. The first kappa shape index (κ1) is 24.0. The summed E-state index contributed by atoms with van der Waals surface area (Å²) >= 11 is 2.19. The number of hydrogen-bond donors (Lipinski definition) is 3. The number of amides is 2. The van der Waals surface area contributed by atoms with Gasteiger partial charge in [-0.25, -0.2) is 0 Å². The molecule has 1 spiro atoms. The number of likely N-dealkylation sites (tertiary alicyclic amines) is 1. The Bertz CT molecular complexity index is 1480. The maximum absolute atomic E-state index is 13.7. The van der Waals surface area contributed by atoms with Crippen LogP contribution >= 0.6 is 22.6 Å². The van der Waals surface area contributed by atoms with Crippen molar-refractivity contribution in [3.8, 4) is 11.5 Å². The van der Waals surface area contributed by atoms with Crippen molar-refractivity contribution < 1.29 is 24.5 Å². The molecule has 0 aromatic heterocycles. The van der Waals surface area contributed by atoms with E-state index in [1.54, 1.807) is 12.1 Å². The number of carbonyl (C=O) groups is 2. The van der Waals surface area contributed by atoms with E-state index in [4.69, 9.17) is 4.74 Å². The first-order chi connectivity index (χ1) is 18.3. The third-order valence-corrected chi connectivity index (χ3v) is 9.82. The zero-order valence-corrected chi connectivity index (χ0v) is 22.7. The van der Waals surface area contributed by atoms with Gasteiger partial charge in [-0.15, -0.1) is 0 Å². The summed E-state index contributed by atoms with van der Waals surface area (Å²) in [4.78, 5) is 28.8. The van der Waals surface area contributed by atoms with Crippen molar-refractivity contribution in [3.05, 3.63) is 92.6 Å². The molecule has 38 heavy (non-hydrogen) atoms. The molecule has 2 amide bonds. The molecule has 3 N–H and O–H groups in total. The predicted octanol–water partition coefficient (Wildman–Crippen LogP) is 3.79. The summed E-state index contributed by atoms with van der Waals surface area (Å²) in [6.45, 7) is 0.451. The molecule has 7 rings (SSSR count). The van der Waals surface area contributed by atoms with Crippen molar-refractivity contribution in [1.82, 2.24) is 10.2 Å². The van der Waals surface area contributed by atoms with Crippen molar-refractivity contribution in [2.75, 3.05) is 6.54 Å². The number of halogens is 1. The molecule has 3 aromatic carbocycles. The number of hydrogen-bond acceptors (Lipinski definition) is 5. The van der Waals surface area contributed by atoms with Crippen LogP contribution in [0.2, 0.25) is 0 Å². The summed E-state index contributed by atoms with van der Waals surface area (Å²) in [7, 11) is 0. The van der Waals surface area contributed by atoms with Crippen LogP contribution in [0.25, 0.3) is 0 Å². The highest BCUT2D eigenvalue weighted by Crippen LogP contribution is 2.65. The molecule has 8 heteroatoms. The monoisotopic (exact) mass is 622 g/mol. The van der Waals surface area contributed by atoms with E-state index in [2.05, 4.69) is 27.9 Å². The molecule has 3 aromatic rings. The molecular weight excluding hydrogens is 595 g/mol. The van der Waals surface area contributed by atoms with E-state index in [0.717, 1.165) is 14.7 Å². The maximum Gasteiger partial charge on any atom is 0.254 e. The smallest absolute Gasteiger partial charge is 0.254 e. The Labute approximate surface area is 233 Å². The van der Waals surface area contributed by atoms with Gasteiger partial charge in [-0.05, 0) is 90.2 Å².